The van der Waals surface area contributed by atoms with E-state index in [1.807, 2.05) is 71.3 Å². The largest absolute Gasteiger partial charge is 0.341 e. The van der Waals surface area contributed by atoms with Crippen LogP contribution in [-0.4, -0.2) is 47.4 Å². The first-order valence-electron chi connectivity index (χ1n) is 9.16. The molecule has 2 amide bonds. The molecule has 0 spiro atoms. The lowest BCUT2D eigenvalue weighted by Gasteiger charge is -2.26. The van der Waals surface area contributed by atoms with Crippen LogP contribution in [0.4, 0.5) is 5.69 Å². The van der Waals surface area contributed by atoms with E-state index in [-0.39, 0.29) is 11.8 Å². The van der Waals surface area contributed by atoms with Crippen molar-refractivity contribution in [3.05, 3.63) is 65.7 Å². The average Bonchev–Trinajstić information content (AvgIpc) is 2.71. The Morgan fingerprint density at radius 2 is 1.67 bits per heavy atom. The highest BCUT2D eigenvalue weighted by atomic mass is 32.2. The fourth-order valence-corrected chi connectivity index (χ4v) is 3.90. The lowest BCUT2D eigenvalue weighted by molar-refractivity contribution is -0.130. The molecule has 0 aromatic heterocycles. The quantitative estimate of drug-likeness (QED) is 0.803. The third-order valence-electron chi connectivity index (χ3n) is 4.58. The summed E-state index contributed by atoms with van der Waals surface area (Å²) >= 11 is 1.89. The van der Waals surface area contributed by atoms with E-state index in [0.29, 0.717) is 18.5 Å². The summed E-state index contributed by atoms with van der Waals surface area (Å²) in [6.07, 6.45) is 0.889. The Morgan fingerprint density at radius 1 is 1.00 bits per heavy atom. The summed E-state index contributed by atoms with van der Waals surface area (Å²) in [6.45, 7) is 1.66. The van der Waals surface area contributed by atoms with Crippen molar-refractivity contribution in [3.8, 4) is 0 Å². The Kier molecular flexibility index (Phi) is 6.90. The van der Waals surface area contributed by atoms with E-state index < -0.39 is 6.04 Å². The number of benzene rings is 2. The molecule has 0 bridgehead atoms. The molecule has 5 nitrogen and oxygen atoms in total. The maximum absolute atomic E-state index is 12.3. The molecule has 1 aliphatic heterocycles. The molecule has 2 aromatic rings. The number of carbonyl (C=O) groups is 2. The van der Waals surface area contributed by atoms with E-state index in [9.17, 15) is 9.59 Å². The summed E-state index contributed by atoms with van der Waals surface area (Å²) in [5.41, 5.74) is 8.68. The van der Waals surface area contributed by atoms with Crippen molar-refractivity contribution in [2.75, 3.05) is 29.9 Å². The number of nitrogens with zero attached hydrogens (tertiary/aromatic N) is 1. The van der Waals surface area contributed by atoms with Crippen LogP contribution in [0, 0.1) is 0 Å². The second kappa shape index (κ2) is 9.58. The zero-order valence-corrected chi connectivity index (χ0v) is 16.1. The van der Waals surface area contributed by atoms with Gasteiger partial charge < -0.3 is 16.0 Å². The van der Waals surface area contributed by atoms with Crippen molar-refractivity contribution in [3.63, 3.8) is 0 Å². The maximum Gasteiger partial charge on any atom is 0.241 e. The molecule has 1 aliphatic rings. The Morgan fingerprint density at radius 3 is 2.33 bits per heavy atom. The standard InChI is InChI=1S/C21H25N3O2S/c22-19(14-16-4-2-1-3-5-16)21(26)23-18-8-6-17(7-9-18)15-20(25)24-10-12-27-13-11-24/h1-9,19H,10-15,22H2,(H,23,26)/t19-/m0/s1. The van der Waals surface area contributed by atoms with Gasteiger partial charge in [-0.2, -0.15) is 11.8 Å². The molecule has 3 N–H and O–H groups in total. The molecule has 6 heteroatoms. The SMILES string of the molecule is N[C@@H](Cc1ccccc1)C(=O)Nc1ccc(CC(=O)N2CCSCC2)cc1. The van der Waals surface area contributed by atoms with Gasteiger partial charge in [-0.15, -0.1) is 0 Å². The average molecular weight is 384 g/mol. The number of anilines is 1. The number of rotatable bonds is 6. The molecular formula is C21H25N3O2S. The molecule has 0 saturated carbocycles. The topological polar surface area (TPSA) is 75.4 Å². The van der Waals surface area contributed by atoms with Crippen LogP contribution >= 0.6 is 11.8 Å². The minimum absolute atomic E-state index is 0.164. The smallest absolute Gasteiger partial charge is 0.241 e. The number of thioether (sulfide) groups is 1. The number of amides is 2. The van der Waals surface area contributed by atoms with E-state index >= 15 is 0 Å². The Bertz CT molecular complexity index is 759. The molecule has 3 rings (SSSR count). The molecule has 27 heavy (non-hydrogen) atoms. The van der Waals surface area contributed by atoms with Crippen LogP contribution < -0.4 is 11.1 Å². The van der Waals surface area contributed by atoms with Gasteiger partial charge in [-0.3, -0.25) is 9.59 Å². The number of hydrogen-bond donors (Lipinski definition) is 2. The van der Waals surface area contributed by atoms with Crippen LogP contribution in [0.25, 0.3) is 0 Å². The van der Waals surface area contributed by atoms with E-state index in [4.69, 9.17) is 5.73 Å². The summed E-state index contributed by atoms with van der Waals surface area (Å²) in [6, 6.07) is 16.5. The van der Waals surface area contributed by atoms with Gasteiger partial charge in [-0.05, 0) is 29.7 Å². The predicted molar refractivity (Wildman–Crippen MR) is 111 cm³/mol. The first-order chi connectivity index (χ1) is 13.1. The van der Waals surface area contributed by atoms with Gasteiger partial charge in [0, 0.05) is 30.3 Å². The molecule has 142 valence electrons. The normalized spacial score (nSPS) is 15.2. The van der Waals surface area contributed by atoms with E-state index in [1.165, 1.54) is 0 Å². The molecule has 1 fully saturated rings. The first-order valence-corrected chi connectivity index (χ1v) is 10.3. The van der Waals surface area contributed by atoms with Gasteiger partial charge in [0.1, 0.15) is 0 Å². The molecule has 0 unspecified atom stereocenters. The summed E-state index contributed by atoms with van der Waals surface area (Å²) in [5, 5.41) is 2.84. The van der Waals surface area contributed by atoms with E-state index in [2.05, 4.69) is 5.32 Å². The van der Waals surface area contributed by atoms with E-state index in [1.54, 1.807) is 0 Å². The monoisotopic (exact) mass is 383 g/mol. The molecular weight excluding hydrogens is 358 g/mol. The zero-order chi connectivity index (χ0) is 19.1. The van der Waals surface area contributed by atoms with Gasteiger partial charge in [-0.25, -0.2) is 0 Å². The van der Waals surface area contributed by atoms with Crippen molar-refractivity contribution >= 4 is 29.3 Å². The molecule has 0 radical (unpaired) electrons. The summed E-state index contributed by atoms with van der Waals surface area (Å²) in [5.74, 6) is 1.98. The first kappa shape index (κ1) is 19.5. The van der Waals surface area contributed by atoms with Crippen molar-refractivity contribution in [1.82, 2.24) is 4.90 Å². The van der Waals surface area contributed by atoms with Crippen molar-refractivity contribution in [1.29, 1.82) is 0 Å². The molecule has 0 aliphatic carbocycles. The van der Waals surface area contributed by atoms with Crippen LogP contribution in [-0.2, 0) is 22.4 Å². The Balaban J connectivity index is 1.50. The number of nitrogens with one attached hydrogen (secondary N) is 1. The third-order valence-corrected chi connectivity index (χ3v) is 5.52. The van der Waals surface area contributed by atoms with Gasteiger partial charge in [0.2, 0.25) is 11.8 Å². The van der Waals surface area contributed by atoms with Crippen molar-refractivity contribution in [2.45, 2.75) is 18.9 Å². The maximum atomic E-state index is 12.3. The van der Waals surface area contributed by atoms with Crippen LogP contribution in [0.2, 0.25) is 0 Å². The van der Waals surface area contributed by atoms with Gasteiger partial charge in [-0.1, -0.05) is 42.5 Å². The number of nitrogens with two attached hydrogens (primary N) is 1. The predicted octanol–water partition coefficient (Wildman–Crippen LogP) is 2.31. The van der Waals surface area contributed by atoms with Crippen molar-refractivity contribution < 1.29 is 9.59 Å². The summed E-state index contributed by atoms with van der Waals surface area (Å²) in [7, 11) is 0. The van der Waals surface area contributed by atoms with Crippen molar-refractivity contribution in [2.24, 2.45) is 5.73 Å². The fourth-order valence-electron chi connectivity index (χ4n) is 3.00. The molecule has 1 heterocycles. The minimum Gasteiger partial charge on any atom is -0.341 e. The third kappa shape index (κ3) is 5.84. The van der Waals surface area contributed by atoms with Gasteiger partial charge in [0.15, 0.2) is 0 Å². The molecule has 2 aromatic carbocycles. The second-order valence-corrected chi connectivity index (χ2v) is 7.88. The highest BCUT2D eigenvalue weighted by molar-refractivity contribution is 7.99. The highest BCUT2D eigenvalue weighted by Gasteiger charge is 2.17. The second-order valence-electron chi connectivity index (χ2n) is 6.65. The summed E-state index contributed by atoms with van der Waals surface area (Å²) < 4.78 is 0. The van der Waals surface area contributed by atoms with Crippen LogP contribution in [0.1, 0.15) is 11.1 Å². The Labute approximate surface area is 164 Å². The zero-order valence-electron chi connectivity index (χ0n) is 15.3. The molecule has 1 saturated heterocycles. The van der Waals surface area contributed by atoms with Gasteiger partial charge in [0.05, 0.1) is 12.5 Å². The Hall–Kier alpha value is -2.31. The van der Waals surface area contributed by atoms with Gasteiger partial charge >= 0.3 is 0 Å². The lowest BCUT2D eigenvalue weighted by Crippen LogP contribution is -2.38. The van der Waals surface area contributed by atoms with Crippen LogP contribution in [0.5, 0.6) is 0 Å². The van der Waals surface area contributed by atoms with Crippen LogP contribution in [0.3, 0.4) is 0 Å². The number of hydrogen-bond acceptors (Lipinski definition) is 4. The number of carbonyl (C=O) groups excluding carboxylic acids is 2. The minimum atomic E-state index is -0.606. The van der Waals surface area contributed by atoms with Crippen LogP contribution in [0.15, 0.2) is 54.6 Å². The van der Waals surface area contributed by atoms with Gasteiger partial charge in [0.25, 0.3) is 0 Å². The highest BCUT2D eigenvalue weighted by Crippen LogP contribution is 2.14. The lowest BCUT2D eigenvalue weighted by atomic mass is 10.1. The fraction of sp³-hybridized carbons (Fsp3) is 0.333. The summed E-state index contributed by atoms with van der Waals surface area (Å²) in [4.78, 5) is 26.5. The van der Waals surface area contributed by atoms with E-state index in [0.717, 1.165) is 35.7 Å². The molecule has 1 atom stereocenters.